The summed E-state index contributed by atoms with van der Waals surface area (Å²) in [5.41, 5.74) is 1.73. The van der Waals surface area contributed by atoms with Crippen molar-refractivity contribution in [2.45, 2.75) is 19.6 Å². The zero-order valence-corrected chi connectivity index (χ0v) is 11.1. The first kappa shape index (κ1) is 13.3. The fourth-order valence-electron chi connectivity index (χ4n) is 2.47. The van der Waals surface area contributed by atoms with Crippen molar-refractivity contribution in [3.05, 3.63) is 29.3 Å². The molecular weight excluding hydrogens is 231 g/mol. The molecule has 4 heteroatoms. The summed E-state index contributed by atoms with van der Waals surface area (Å²) in [7, 11) is 1.59. The van der Waals surface area contributed by atoms with Crippen LogP contribution in [-0.4, -0.2) is 38.2 Å². The molecule has 2 rings (SSSR count). The van der Waals surface area contributed by atoms with Crippen molar-refractivity contribution in [3.63, 3.8) is 0 Å². The number of hydrogen-bond acceptors (Lipinski definition) is 3. The molecule has 0 bridgehead atoms. The molecule has 1 aliphatic heterocycles. The highest BCUT2D eigenvalue weighted by molar-refractivity contribution is 5.41. The molecule has 0 radical (unpaired) electrons. The van der Waals surface area contributed by atoms with E-state index in [9.17, 15) is 4.39 Å². The van der Waals surface area contributed by atoms with Crippen LogP contribution in [0, 0.1) is 0 Å². The number of nitrogens with zero attached hydrogens (tertiary/aromatic N) is 1. The molecular formula is C14H21FN2O. The highest BCUT2D eigenvalue weighted by Gasteiger charge is 2.18. The molecule has 0 amide bonds. The average molecular weight is 252 g/mol. The van der Waals surface area contributed by atoms with Gasteiger partial charge in [0.15, 0.2) is 0 Å². The number of rotatable bonds is 4. The second-order valence-electron chi connectivity index (χ2n) is 4.68. The van der Waals surface area contributed by atoms with E-state index in [0.29, 0.717) is 11.3 Å². The summed E-state index contributed by atoms with van der Waals surface area (Å²) in [6.07, 6.45) is -1.00. The molecule has 1 N–H and O–H groups in total. The Morgan fingerprint density at radius 3 is 2.72 bits per heavy atom. The Kier molecular flexibility index (Phi) is 4.55. The van der Waals surface area contributed by atoms with E-state index in [-0.39, 0.29) is 0 Å². The predicted octanol–water partition coefficient (Wildman–Crippen LogP) is 2.13. The standard InChI is InChI=1S/C14H21FN2O/c1-11(15)14-12(4-3-5-13(14)18-2)10-17-8-6-16-7-9-17/h3-5,11,16H,6-10H2,1-2H3. The zero-order valence-electron chi connectivity index (χ0n) is 11.1. The van der Waals surface area contributed by atoms with Gasteiger partial charge in [0.25, 0.3) is 0 Å². The maximum atomic E-state index is 13.8. The van der Waals surface area contributed by atoms with Gasteiger partial charge in [-0.05, 0) is 18.6 Å². The van der Waals surface area contributed by atoms with Gasteiger partial charge in [-0.1, -0.05) is 12.1 Å². The predicted molar refractivity (Wildman–Crippen MR) is 70.7 cm³/mol. The van der Waals surface area contributed by atoms with Crippen molar-refractivity contribution in [1.29, 1.82) is 0 Å². The van der Waals surface area contributed by atoms with Gasteiger partial charge in [0.1, 0.15) is 11.9 Å². The van der Waals surface area contributed by atoms with Gasteiger partial charge < -0.3 is 10.1 Å². The number of methoxy groups -OCH3 is 1. The van der Waals surface area contributed by atoms with Crippen molar-refractivity contribution >= 4 is 0 Å². The molecule has 1 aliphatic rings. The first-order valence-electron chi connectivity index (χ1n) is 6.45. The molecule has 1 atom stereocenters. The first-order valence-corrected chi connectivity index (χ1v) is 6.45. The van der Waals surface area contributed by atoms with E-state index < -0.39 is 6.17 Å². The number of nitrogens with one attached hydrogen (secondary N) is 1. The monoisotopic (exact) mass is 252 g/mol. The van der Waals surface area contributed by atoms with E-state index in [2.05, 4.69) is 10.2 Å². The van der Waals surface area contributed by atoms with Crippen LogP contribution >= 0.6 is 0 Å². The molecule has 0 spiro atoms. The average Bonchev–Trinajstić information content (AvgIpc) is 2.39. The zero-order chi connectivity index (χ0) is 13.0. The number of ether oxygens (including phenoxy) is 1. The van der Waals surface area contributed by atoms with Crippen LogP contribution < -0.4 is 10.1 Å². The second kappa shape index (κ2) is 6.16. The molecule has 100 valence electrons. The van der Waals surface area contributed by atoms with Gasteiger partial charge in [-0.15, -0.1) is 0 Å². The van der Waals surface area contributed by atoms with Crippen LogP contribution in [-0.2, 0) is 6.54 Å². The number of halogens is 1. The van der Waals surface area contributed by atoms with Gasteiger partial charge in [0, 0.05) is 38.3 Å². The van der Waals surface area contributed by atoms with E-state index in [0.717, 1.165) is 38.3 Å². The molecule has 1 unspecified atom stereocenters. The van der Waals surface area contributed by atoms with Gasteiger partial charge in [0.05, 0.1) is 7.11 Å². The van der Waals surface area contributed by atoms with E-state index in [1.54, 1.807) is 14.0 Å². The van der Waals surface area contributed by atoms with Crippen molar-refractivity contribution < 1.29 is 9.13 Å². The minimum atomic E-state index is -1.00. The Balaban J connectivity index is 2.20. The largest absolute Gasteiger partial charge is 0.496 e. The summed E-state index contributed by atoms with van der Waals surface area (Å²) in [6, 6.07) is 5.75. The molecule has 3 nitrogen and oxygen atoms in total. The van der Waals surface area contributed by atoms with Gasteiger partial charge in [0.2, 0.25) is 0 Å². The molecule has 0 aromatic heterocycles. The summed E-state index contributed by atoms with van der Waals surface area (Å²) < 4.78 is 19.1. The minimum absolute atomic E-state index is 0.651. The lowest BCUT2D eigenvalue weighted by Gasteiger charge is -2.28. The van der Waals surface area contributed by atoms with Crippen molar-refractivity contribution in [2.24, 2.45) is 0 Å². The smallest absolute Gasteiger partial charge is 0.126 e. The molecule has 0 saturated carbocycles. The molecule has 1 aromatic carbocycles. The van der Waals surface area contributed by atoms with Crippen molar-refractivity contribution in [3.8, 4) is 5.75 Å². The van der Waals surface area contributed by atoms with Gasteiger partial charge in [-0.3, -0.25) is 4.90 Å². The summed E-state index contributed by atoms with van der Waals surface area (Å²) in [4.78, 5) is 2.34. The topological polar surface area (TPSA) is 24.5 Å². The Morgan fingerprint density at radius 2 is 2.11 bits per heavy atom. The summed E-state index contributed by atoms with van der Waals surface area (Å²) >= 11 is 0. The van der Waals surface area contributed by atoms with Crippen molar-refractivity contribution in [1.82, 2.24) is 10.2 Å². The first-order chi connectivity index (χ1) is 8.72. The fourth-order valence-corrected chi connectivity index (χ4v) is 2.47. The van der Waals surface area contributed by atoms with Gasteiger partial charge in [-0.25, -0.2) is 4.39 Å². The quantitative estimate of drug-likeness (QED) is 0.888. The lowest BCUT2D eigenvalue weighted by Crippen LogP contribution is -2.43. The van der Waals surface area contributed by atoms with Crippen LogP contribution in [0.4, 0.5) is 4.39 Å². The Morgan fingerprint density at radius 1 is 1.39 bits per heavy atom. The number of benzene rings is 1. The van der Waals surface area contributed by atoms with Crippen LogP contribution in [0.25, 0.3) is 0 Å². The van der Waals surface area contributed by atoms with Crippen LogP contribution in [0.1, 0.15) is 24.2 Å². The number of hydrogen-bond donors (Lipinski definition) is 1. The molecule has 0 aliphatic carbocycles. The Hall–Kier alpha value is -1.13. The fraction of sp³-hybridized carbons (Fsp3) is 0.571. The molecule has 1 heterocycles. The summed E-state index contributed by atoms with van der Waals surface area (Å²) in [5.74, 6) is 0.651. The summed E-state index contributed by atoms with van der Waals surface area (Å²) in [6.45, 7) is 6.39. The molecule has 1 fully saturated rings. The molecule has 1 aromatic rings. The maximum Gasteiger partial charge on any atom is 0.126 e. The molecule has 1 saturated heterocycles. The molecule has 18 heavy (non-hydrogen) atoms. The number of piperazine rings is 1. The number of alkyl halides is 1. The third-order valence-electron chi connectivity index (χ3n) is 3.38. The van der Waals surface area contributed by atoms with Crippen LogP contribution in [0.5, 0.6) is 5.75 Å². The van der Waals surface area contributed by atoms with E-state index >= 15 is 0 Å². The van der Waals surface area contributed by atoms with E-state index in [1.165, 1.54) is 0 Å². The SMILES string of the molecule is COc1cccc(CN2CCNCC2)c1C(C)F. The minimum Gasteiger partial charge on any atom is -0.496 e. The van der Waals surface area contributed by atoms with Gasteiger partial charge >= 0.3 is 0 Å². The lowest BCUT2D eigenvalue weighted by molar-refractivity contribution is 0.230. The third kappa shape index (κ3) is 3.00. The Labute approximate surface area is 108 Å². The van der Waals surface area contributed by atoms with Crippen LogP contribution in [0.3, 0.4) is 0 Å². The normalized spacial score (nSPS) is 18.6. The van der Waals surface area contributed by atoms with E-state index in [1.807, 2.05) is 18.2 Å². The Bertz CT molecular complexity index is 389. The van der Waals surface area contributed by atoms with Crippen LogP contribution in [0.15, 0.2) is 18.2 Å². The van der Waals surface area contributed by atoms with Crippen LogP contribution in [0.2, 0.25) is 0 Å². The van der Waals surface area contributed by atoms with Crippen molar-refractivity contribution in [2.75, 3.05) is 33.3 Å². The van der Waals surface area contributed by atoms with E-state index in [4.69, 9.17) is 4.74 Å². The maximum absolute atomic E-state index is 13.8. The summed E-state index contributed by atoms with van der Waals surface area (Å²) in [5, 5.41) is 3.32. The van der Waals surface area contributed by atoms with Gasteiger partial charge in [-0.2, -0.15) is 0 Å². The third-order valence-corrected chi connectivity index (χ3v) is 3.38. The highest BCUT2D eigenvalue weighted by Crippen LogP contribution is 2.31. The lowest BCUT2D eigenvalue weighted by atomic mass is 10.0. The highest BCUT2D eigenvalue weighted by atomic mass is 19.1. The second-order valence-corrected chi connectivity index (χ2v) is 4.68.